The summed E-state index contributed by atoms with van der Waals surface area (Å²) in [6.45, 7) is 3.72. The molecule has 152 valence electrons. The minimum atomic E-state index is -3.93. The van der Waals surface area contributed by atoms with Crippen LogP contribution in [0.2, 0.25) is 0 Å². The summed E-state index contributed by atoms with van der Waals surface area (Å²) < 4.78 is 33.0. The van der Waals surface area contributed by atoms with E-state index in [9.17, 15) is 18.0 Å². The number of hydrogen-bond acceptors (Lipinski definition) is 5. The molecule has 0 N–H and O–H groups in total. The maximum Gasteiger partial charge on any atom is 0.338 e. The van der Waals surface area contributed by atoms with E-state index in [0.29, 0.717) is 18.5 Å². The van der Waals surface area contributed by atoms with Gasteiger partial charge >= 0.3 is 5.97 Å². The second-order valence-electron chi connectivity index (χ2n) is 6.79. The quantitative estimate of drug-likeness (QED) is 0.510. The van der Waals surface area contributed by atoms with Gasteiger partial charge < -0.3 is 4.74 Å². The Kier molecular flexibility index (Phi) is 6.49. The lowest BCUT2D eigenvalue weighted by Crippen LogP contribution is -2.32. The van der Waals surface area contributed by atoms with Crippen LogP contribution >= 0.6 is 0 Å². The van der Waals surface area contributed by atoms with Crippen LogP contribution in [0.3, 0.4) is 0 Å². The van der Waals surface area contributed by atoms with Crippen molar-refractivity contribution in [3.8, 4) is 0 Å². The fourth-order valence-electron chi connectivity index (χ4n) is 3.24. The predicted octanol–water partition coefficient (Wildman–Crippen LogP) is 3.74. The number of anilines is 1. The Labute approximate surface area is 170 Å². The Hall–Kier alpha value is -2.93. The minimum absolute atomic E-state index is 0.0346. The molecule has 3 rings (SSSR count). The van der Waals surface area contributed by atoms with Crippen molar-refractivity contribution < 1.29 is 22.7 Å². The third-order valence-corrected chi connectivity index (χ3v) is 6.53. The maximum atomic E-state index is 13.2. The van der Waals surface area contributed by atoms with Crippen molar-refractivity contribution in [3.05, 3.63) is 72.8 Å². The van der Waals surface area contributed by atoms with Crippen molar-refractivity contribution in [1.82, 2.24) is 0 Å². The van der Waals surface area contributed by atoms with Gasteiger partial charge in [0, 0.05) is 6.42 Å². The van der Waals surface area contributed by atoms with Crippen molar-refractivity contribution >= 4 is 27.5 Å². The molecule has 29 heavy (non-hydrogen) atoms. The van der Waals surface area contributed by atoms with Crippen molar-refractivity contribution in [2.75, 3.05) is 10.8 Å². The number of sulfonamides is 1. The number of carbonyl (C=O) groups is 2. The van der Waals surface area contributed by atoms with Gasteiger partial charge in [0.05, 0.1) is 22.7 Å². The van der Waals surface area contributed by atoms with Gasteiger partial charge in [0.15, 0.2) is 11.9 Å². The first kappa shape index (κ1) is 20.8. The molecule has 7 heteroatoms. The molecule has 0 aliphatic heterocycles. The monoisotopic (exact) mass is 413 g/mol. The molecular formula is C22H23NO5S. The van der Waals surface area contributed by atoms with Crippen molar-refractivity contribution in [1.29, 1.82) is 0 Å². The number of nitrogens with zero attached hydrogens (tertiary/aromatic N) is 1. The molecule has 0 bridgehead atoms. The molecule has 1 fully saturated rings. The van der Waals surface area contributed by atoms with Crippen molar-refractivity contribution in [2.24, 2.45) is 0 Å². The Morgan fingerprint density at radius 3 is 2.59 bits per heavy atom. The summed E-state index contributed by atoms with van der Waals surface area (Å²) in [5.74, 6) is -0.785. The molecular weight excluding hydrogens is 390 g/mol. The summed E-state index contributed by atoms with van der Waals surface area (Å²) in [5.41, 5.74) is 0.587. The third-order valence-electron chi connectivity index (χ3n) is 4.74. The smallest absolute Gasteiger partial charge is 0.338 e. The van der Waals surface area contributed by atoms with Crippen LogP contribution in [0.15, 0.2) is 72.1 Å². The molecule has 1 atom stereocenters. The predicted molar refractivity (Wildman–Crippen MR) is 110 cm³/mol. The van der Waals surface area contributed by atoms with E-state index >= 15 is 0 Å². The summed E-state index contributed by atoms with van der Waals surface area (Å²) in [4.78, 5) is 24.4. The van der Waals surface area contributed by atoms with E-state index in [-0.39, 0.29) is 22.8 Å². The van der Waals surface area contributed by atoms with Gasteiger partial charge in [-0.2, -0.15) is 0 Å². The van der Waals surface area contributed by atoms with Gasteiger partial charge in [-0.15, -0.1) is 6.58 Å². The van der Waals surface area contributed by atoms with Gasteiger partial charge in [-0.05, 0) is 49.6 Å². The molecule has 1 aliphatic rings. The summed E-state index contributed by atoms with van der Waals surface area (Å²) in [6, 6.07) is 14.3. The summed E-state index contributed by atoms with van der Waals surface area (Å²) >= 11 is 0. The summed E-state index contributed by atoms with van der Waals surface area (Å²) in [7, 11) is -3.93. The molecule has 0 heterocycles. The fraction of sp³-hybridized carbons (Fsp3) is 0.273. The van der Waals surface area contributed by atoms with E-state index in [2.05, 4.69) is 6.58 Å². The highest BCUT2D eigenvalue weighted by Gasteiger charge is 2.28. The molecule has 2 aromatic carbocycles. The highest BCUT2D eigenvalue weighted by Crippen LogP contribution is 2.25. The number of rotatable bonds is 7. The van der Waals surface area contributed by atoms with Crippen LogP contribution in [0.4, 0.5) is 5.69 Å². The van der Waals surface area contributed by atoms with Gasteiger partial charge in [-0.3, -0.25) is 9.10 Å². The molecule has 0 amide bonds. The topological polar surface area (TPSA) is 80.8 Å². The van der Waals surface area contributed by atoms with E-state index in [1.165, 1.54) is 34.6 Å². The van der Waals surface area contributed by atoms with Gasteiger partial charge in [-0.25, -0.2) is 13.2 Å². The Balaban J connectivity index is 1.87. The number of ether oxygens (including phenoxy) is 1. The lowest BCUT2D eigenvalue weighted by molar-refractivity contribution is -0.129. The van der Waals surface area contributed by atoms with Crippen LogP contribution in [-0.2, 0) is 19.6 Å². The second-order valence-corrected chi connectivity index (χ2v) is 8.66. The molecule has 0 spiro atoms. The first-order chi connectivity index (χ1) is 13.9. The number of benzene rings is 2. The first-order valence-electron chi connectivity index (χ1n) is 9.46. The highest BCUT2D eigenvalue weighted by atomic mass is 32.2. The normalized spacial score (nSPS) is 16.8. The Morgan fingerprint density at radius 2 is 1.90 bits per heavy atom. The molecule has 6 nitrogen and oxygen atoms in total. The van der Waals surface area contributed by atoms with Gasteiger partial charge in [0.2, 0.25) is 0 Å². The van der Waals surface area contributed by atoms with Crippen molar-refractivity contribution in [3.63, 3.8) is 0 Å². The zero-order chi connectivity index (χ0) is 20.9. The molecule has 0 saturated heterocycles. The first-order valence-corrected chi connectivity index (χ1v) is 10.9. The van der Waals surface area contributed by atoms with E-state index in [1.54, 1.807) is 30.3 Å². The van der Waals surface area contributed by atoms with Gasteiger partial charge in [0.1, 0.15) is 0 Å². The van der Waals surface area contributed by atoms with Gasteiger partial charge in [0.25, 0.3) is 10.0 Å². The van der Waals surface area contributed by atoms with Crippen LogP contribution < -0.4 is 4.31 Å². The molecule has 1 aliphatic carbocycles. The molecule has 2 aromatic rings. The zero-order valence-electron chi connectivity index (χ0n) is 16.0. The molecule has 1 unspecified atom stereocenters. The molecule has 0 radical (unpaired) electrons. The number of Topliss-reactive ketones (excluding diaryl/α,β-unsaturated/α-hetero) is 1. The minimum Gasteiger partial charge on any atom is -0.451 e. The van der Waals surface area contributed by atoms with Crippen LogP contribution in [0.25, 0.3) is 0 Å². The average molecular weight is 413 g/mol. The van der Waals surface area contributed by atoms with E-state index < -0.39 is 22.1 Å². The lowest BCUT2D eigenvalue weighted by Gasteiger charge is -2.23. The molecule has 0 aromatic heterocycles. The Morgan fingerprint density at radius 1 is 1.14 bits per heavy atom. The standard InChI is InChI=1S/C22H23NO5S/c1-2-15-23(18-10-4-3-5-11-18)29(26,27)19-12-8-9-17(16-19)22(25)28-21-14-7-6-13-20(21)24/h2-5,8-12,16,21H,1,6-7,13-15H2. The second kappa shape index (κ2) is 9.05. The Bertz CT molecular complexity index is 1000. The number of ketones is 1. The fourth-order valence-corrected chi connectivity index (χ4v) is 4.72. The van der Waals surface area contributed by atoms with Crippen molar-refractivity contribution in [2.45, 2.75) is 36.7 Å². The van der Waals surface area contributed by atoms with E-state index in [0.717, 1.165) is 12.8 Å². The maximum absolute atomic E-state index is 13.2. The number of carbonyl (C=O) groups excluding carboxylic acids is 2. The van der Waals surface area contributed by atoms with Gasteiger partial charge in [-0.1, -0.05) is 30.3 Å². The lowest BCUT2D eigenvalue weighted by atomic mass is 9.96. The zero-order valence-corrected chi connectivity index (χ0v) is 16.8. The number of para-hydroxylation sites is 1. The molecule has 1 saturated carbocycles. The van der Waals surface area contributed by atoms with E-state index in [1.807, 2.05) is 0 Å². The van der Waals surface area contributed by atoms with Crippen LogP contribution in [0.5, 0.6) is 0 Å². The average Bonchev–Trinajstić information content (AvgIpc) is 2.74. The largest absolute Gasteiger partial charge is 0.451 e. The summed E-state index contributed by atoms with van der Waals surface area (Å²) in [5, 5.41) is 0. The highest BCUT2D eigenvalue weighted by molar-refractivity contribution is 7.92. The van der Waals surface area contributed by atoms with E-state index in [4.69, 9.17) is 4.74 Å². The number of esters is 1. The number of hydrogen-bond donors (Lipinski definition) is 0. The third kappa shape index (κ3) is 4.74. The van der Waals surface area contributed by atoms with Crippen LogP contribution in [-0.4, -0.2) is 32.8 Å². The SMILES string of the molecule is C=CCN(c1ccccc1)S(=O)(=O)c1cccc(C(=O)OC2CCCCC2=O)c1. The summed E-state index contributed by atoms with van der Waals surface area (Å²) in [6.07, 6.45) is 3.28. The van der Waals surface area contributed by atoms with Crippen LogP contribution in [0.1, 0.15) is 36.0 Å². The van der Waals surface area contributed by atoms with Crippen LogP contribution in [0, 0.1) is 0 Å².